The standard InChI is InChI=1S/C14H6F8N4/c15-5-1(6(16)10(20)3(9(5)19)13(23)24)2-7(17)11(21)4(14(25)26)12(22)8(2)18/h(H3,23,24)(H3,25,26). The van der Waals surface area contributed by atoms with Crippen LogP contribution in [0.4, 0.5) is 35.1 Å². The molecule has 138 valence electrons. The summed E-state index contributed by atoms with van der Waals surface area (Å²) in [6, 6.07) is 0. The summed E-state index contributed by atoms with van der Waals surface area (Å²) in [5, 5.41) is 13.7. The number of hydrogen-bond donors (Lipinski definition) is 4. The summed E-state index contributed by atoms with van der Waals surface area (Å²) in [5.74, 6) is -21.9. The molecular weight excluding hydrogens is 376 g/mol. The fourth-order valence-corrected chi connectivity index (χ4v) is 2.18. The summed E-state index contributed by atoms with van der Waals surface area (Å²) < 4.78 is 111. The topological polar surface area (TPSA) is 99.7 Å². The van der Waals surface area contributed by atoms with E-state index < -0.39 is 80.5 Å². The van der Waals surface area contributed by atoms with Crippen molar-refractivity contribution in [3.05, 3.63) is 57.7 Å². The zero-order chi connectivity index (χ0) is 20.1. The molecule has 0 aliphatic carbocycles. The third-order valence-corrected chi connectivity index (χ3v) is 3.32. The van der Waals surface area contributed by atoms with Gasteiger partial charge in [0, 0.05) is 0 Å². The summed E-state index contributed by atoms with van der Waals surface area (Å²) in [4.78, 5) is 0. The smallest absolute Gasteiger partial charge is 0.173 e. The van der Waals surface area contributed by atoms with Crippen LogP contribution in [0, 0.1) is 57.4 Å². The predicted molar refractivity (Wildman–Crippen MR) is 73.6 cm³/mol. The predicted octanol–water partition coefficient (Wildman–Crippen LogP) is 3.03. The molecule has 0 unspecified atom stereocenters. The number of nitrogens with one attached hydrogen (secondary N) is 2. The molecule has 0 spiro atoms. The average molecular weight is 382 g/mol. The van der Waals surface area contributed by atoms with Crippen molar-refractivity contribution in [2.24, 2.45) is 11.5 Å². The Morgan fingerprint density at radius 3 is 0.808 bits per heavy atom. The Kier molecular flexibility index (Phi) is 4.62. The van der Waals surface area contributed by atoms with Gasteiger partial charge in [-0.1, -0.05) is 0 Å². The van der Waals surface area contributed by atoms with Crippen LogP contribution in [0.15, 0.2) is 0 Å². The Hall–Kier alpha value is -3.18. The lowest BCUT2D eigenvalue weighted by molar-refractivity contribution is 0.439. The van der Waals surface area contributed by atoms with Gasteiger partial charge in [-0.3, -0.25) is 10.8 Å². The van der Waals surface area contributed by atoms with E-state index in [4.69, 9.17) is 22.3 Å². The summed E-state index contributed by atoms with van der Waals surface area (Å²) in [6.45, 7) is 0. The Labute approximate surface area is 139 Å². The van der Waals surface area contributed by atoms with Gasteiger partial charge in [-0.05, 0) is 0 Å². The van der Waals surface area contributed by atoms with Gasteiger partial charge in [0.05, 0.1) is 22.3 Å². The lowest BCUT2D eigenvalue weighted by atomic mass is 9.97. The highest BCUT2D eigenvalue weighted by atomic mass is 19.2. The molecule has 12 heteroatoms. The summed E-state index contributed by atoms with van der Waals surface area (Å²) in [6.07, 6.45) is 0. The number of rotatable bonds is 3. The number of amidine groups is 2. The van der Waals surface area contributed by atoms with E-state index in [0.717, 1.165) is 0 Å². The van der Waals surface area contributed by atoms with Crippen LogP contribution < -0.4 is 11.5 Å². The van der Waals surface area contributed by atoms with Gasteiger partial charge in [0.25, 0.3) is 0 Å². The molecule has 0 heterocycles. The quantitative estimate of drug-likeness (QED) is 0.284. The van der Waals surface area contributed by atoms with Crippen molar-refractivity contribution in [2.75, 3.05) is 0 Å². The molecule has 26 heavy (non-hydrogen) atoms. The second-order valence-corrected chi connectivity index (χ2v) is 4.84. The fraction of sp³-hybridized carbons (Fsp3) is 0. The highest BCUT2D eigenvalue weighted by Crippen LogP contribution is 2.37. The van der Waals surface area contributed by atoms with E-state index >= 15 is 0 Å². The van der Waals surface area contributed by atoms with E-state index in [1.165, 1.54) is 0 Å². The lowest BCUT2D eigenvalue weighted by Gasteiger charge is -2.15. The molecule has 0 aliphatic rings. The number of nitrogen functional groups attached to an aromatic ring is 2. The number of hydrogen-bond acceptors (Lipinski definition) is 2. The van der Waals surface area contributed by atoms with Gasteiger partial charge in [-0.25, -0.2) is 35.1 Å². The molecule has 0 aliphatic heterocycles. The van der Waals surface area contributed by atoms with E-state index in [1.54, 1.807) is 0 Å². The highest BCUT2D eigenvalue weighted by molar-refractivity contribution is 5.97. The summed E-state index contributed by atoms with van der Waals surface area (Å²) in [7, 11) is 0. The highest BCUT2D eigenvalue weighted by Gasteiger charge is 2.35. The van der Waals surface area contributed by atoms with E-state index in [0.29, 0.717) is 0 Å². The molecule has 0 saturated heterocycles. The van der Waals surface area contributed by atoms with Gasteiger partial charge < -0.3 is 11.5 Å². The zero-order valence-corrected chi connectivity index (χ0v) is 12.2. The SMILES string of the molecule is N=C(N)c1c(F)c(F)c(-c2c(F)c(F)c(C(=N)N)c(F)c2F)c(F)c1F. The van der Waals surface area contributed by atoms with Crippen molar-refractivity contribution in [3.63, 3.8) is 0 Å². The molecule has 0 bridgehead atoms. The molecule has 0 fully saturated rings. The lowest BCUT2D eigenvalue weighted by Crippen LogP contribution is -2.21. The van der Waals surface area contributed by atoms with E-state index in [1.807, 2.05) is 0 Å². The Morgan fingerprint density at radius 1 is 0.462 bits per heavy atom. The number of halogens is 8. The van der Waals surface area contributed by atoms with Gasteiger partial charge in [0.1, 0.15) is 11.7 Å². The van der Waals surface area contributed by atoms with E-state index in [-0.39, 0.29) is 0 Å². The Bertz CT molecular complexity index is 848. The second-order valence-electron chi connectivity index (χ2n) is 4.84. The van der Waals surface area contributed by atoms with Crippen LogP contribution in [-0.4, -0.2) is 11.7 Å². The molecule has 0 atom stereocenters. The minimum atomic E-state index is -2.44. The molecule has 2 aromatic carbocycles. The Morgan fingerprint density at radius 2 is 0.654 bits per heavy atom. The van der Waals surface area contributed by atoms with Crippen LogP contribution in [0.2, 0.25) is 0 Å². The molecule has 2 aromatic rings. The first kappa shape index (κ1) is 19.1. The van der Waals surface area contributed by atoms with Crippen LogP contribution in [0.25, 0.3) is 11.1 Å². The van der Waals surface area contributed by atoms with Gasteiger partial charge in [0.2, 0.25) is 0 Å². The first-order valence-corrected chi connectivity index (χ1v) is 6.34. The maximum absolute atomic E-state index is 14.1. The second kappa shape index (κ2) is 6.28. The Balaban J connectivity index is 3.05. The van der Waals surface area contributed by atoms with Crippen molar-refractivity contribution >= 4 is 11.7 Å². The van der Waals surface area contributed by atoms with Crippen molar-refractivity contribution in [1.29, 1.82) is 10.8 Å². The first-order valence-electron chi connectivity index (χ1n) is 6.34. The normalized spacial score (nSPS) is 10.9. The largest absolute Gasteiger partial charge is 0.384 e. The molecular formula is C14H6F8N4. The third kappa shape index (κ3) is 2.53. The van der Waals surface area contributed by atoms with Crippen molar-refractivity contribution in [3.8, 4) is 11.1 Å². The van der Waals surface area contributed by atoms with E-state index in [9.17, 15) is 35.1 Å². The number of nitrogens with two attached hydrogens (primary N) is 2. The summed E-state index contributed by atoms with van der Waals surface area (Å²) in [5.41, 5.74) is 1.98. The minimum absolute atomic E-state index is 1.45. The first-order chi connectivity index (χ1) is 11.9. The molecule has 2 rings (SSSR count). The molecule has 4 nitrogen and oxygen atoms in total. The maximum atomic E-state index is 14.1. The fourth-order valence-electron chi connectivity index (χ4n) is 2.18. The minimum Gasteiger partial charge on any atom is -0.384 e. The van der Waals surface area contributed by atoms with E-state index in [2.05, 4.69) is 0 Å². The van der Waals surface area contributed by atoms with Crippen molar-refractivity contribution in [1.82, 2.24) is 0 Å². The molecule has 0 saturated carbocycles. The maximum Gasteiger partial charge on any atom is 0.173 e. The van der Waals surface area contributed by atoms with Crippen LogP contribution in [0.5, 0.6) is 0 Å². The van der Waals surface area contributed by atoms with Crippen molar-refractivity contribution in [2.45, 2.75) is 0 Å². The van der Waals surface area contributed by atoms with Gasteiger partial charge >= 0.3 is 0 Å². The number of benzene rings is 2. The van der Waals surface area contributed by atoms with Gasteiger partial charge in [-0.2, -0.15) is 0 Å². The molecule has 0 radical (unpaired) electrons. The van der Waals surface area contributed by atoms with Crippen LogP contribution in [0.1, 0.15) is 11.1 Å². The van der Waals surface area contributed by atoms with Gasteiger partial charge in [-0.15, -0.1) is 0 Å². The molecule has 0 amide bonds. The van der Waals surface area contributed by atoms with Crippen LogP contribution >= 0.6 is 0 Å². The third-order valence-electron chi connectivity index (χ3n) is 3.32. The van der Waals surface area contributed by atoms with Crippen LogP contribution in [0.3, 0.4) is 0 Å². The monoisotopic (exact) mass is 382 g/mol. The van der Waals surface area contributed by atoms with Gasteiger partial charge in [0.15, 0.2) is 46.5 Å². The van der Waals surface area contributed by atoms with Crippen molar-refractivity contribution < 1.29 is 35.1 Å². The molecule has 0 aromatic heterocycles. The molecule has 6 N–H and O–H groups in total. The zero-order valence-electron chi connectivity index (χ0n) is 12.2. The average Bonchev–Trinajstić information content (AvgIpc) is 2.54. The van der Waals surface area contributed by atoms with Crippen LogP contribution in [-0.2, 0) is 0 Å². The summed E-state index contributed by atoms with van der Waals surface area (Å²) >= 11 is 0.